The molecule has 4 heteroatoms. The summed E-state index contributed by atoms with van der Waals surface area (Å²) in [5, 5.41) is 10.5. The van der Waals surface area contributed by atoms with Gasteiger partial charge in [-0.15, -0.1) is 0 Å². The van der Waals surface area contributed by atoms with E-state index in [4.69, 9.17) is 11.6 Å². The Labute approximate surface area is 109 Å². The van der Waals surface area contributed by atoms with E-state index in [1.165, 1.54) is 0 Å². The molecule has 0 saturated carbocycles. The highest BCUT2D eigenvalue weighted by Gasteiger charge is 2.12. The topological polar surface area (TPSA) is 20.2 Å². The van der Waals surface area contributed by atoms with E-state index in [1.54, 1.807) is 24.3 Å². The maximum Gasteiger partial charge on any atom is 0.126 e. The lowest BCUT2D eigenvalue weighted by molar-refractivity contribution is 0.177. The summed E-state index contributed by atoms with van der Waals surface area (Å²) < 4.78 is 26.4. The normalized spacial score (nSPS) is 12.4. The number of aliphatic hydroxyl groups excluding tert-OH is 1. The van der Waals surface area contributed by atoms with Gasteiger partial charge >= 0.3 is 0 Å². The molecule has 0 aliphatic rings. The molecule has 1 atom stereocenters. The zero-order chi connectivity index (χ0) is 13.1. The molecule has 1 unspecified atom stereocenters. The van der Waals surface area contributed by atoms with Gasteiger partial charge in [0.15, 0.2) is 0 Å². The van der Waals surface area contributed by atoms with Gasteiger partial charge in [-0.1, -0.05) is 23.7 Å². The molecule has 2 aromatic carbocycles. The average molecular weight is 269 g/mol. The van der Waals surface area contributed by atoms with E-state index in [0.29, 0.717) is 10.6 Å². The second kappa shape index (κ2) is 5.46. The van der Waals surface area contributed by atoms with Crippen LogP contribution < -0.4 is 0 Å². The number of hydrogen-bond donors (Lipinski definition) is 1. The number of benzene rings is 2. The summed E-state index contributed by atoms with van der Waals surface area (Å²) >= 11 is 5.73. The van der Waals surface area contributed by atoms with Crippen LogP contribution in [-0.2, 0) is 6.42 Å². The summed E-state index contributed by atoms with van der Waals surface area (Å²) in [6.45, 7) is 0. The summed E-state index contributed by atoms with van der Waals surface area (Å²) in [7, 11) is 0. The molecule has 0 spiro atoms. The second-order valence-electron chi connectivity index (χ2n) is 4.01. The highest BCUT2D eigenvalue weighted by atomic mass is 35.5. The molecule has 0 aromatic heterocycles. The molecule has 0 saturated heterocycles. The van der Waals surface area contributed by atoms with Crippen molar-refractivity contribution in [1.82, 2.24) is 0 Å². The van der Waals surface area contributed by atoms with E-state index in [9.17, 15) is 13.9 Å². The largest absolute Gasteiger partial charge is 0.388 e. The Morgan fingerprint density at radius 1 is 1.06 bits per heavy atom. The highest BCUT2D eigenvalue weighted by molar-refractivity contribution is 6.30. The predicted octanol–water partition coefficient (Wildman–Crippen LogP) is 3.89. The monoisotopic (exact) mass is 268 g/mol. The van der Waals surface area contributed by atoms with Gasteiger partial charge in [0.25, 0.3) is 0 Å². The van der Waals surface area contributed by atoms with Crippen LogP contribution in [0.4, 0.5) is 8.78 Å². The van der Waals surface area contributed by atoms with E-state index in [1.807, 2.05) is 0 Å². The minimum atomic E-state index is -0.890. The highest BCUT2D eigenvalue weighted by Crippen LogP contribution is 2.22. The standard InChI is InChI=1S/C14H11ClF2O/c15-11-3-1-9(2-4-11)14(18)8-10-7-12(16)5-6-13(10)17/h1-7,14,18H,8H2. The van der Waals surface area contributed by atoms with Crippen molar-refractivity contribution in [2.24, 2.45) is 0 Å². The molecule has 2 aromatic rings. The fourth-order valence-corrected chi connectivity index (χ4v) is 1.84. The number of aliphatic hydroxyl groups is 1. The predicted molar refractivity (Wildman–Crippen MR) is 66.5 cm³/mol. The fraction of sp³-hybridized carbons (Fsp3) is 0.143. The van der Waals surface area contributed by atoms with Crippen LogP contribution in [0.1, 0.15) is 17.2 Å². The number of hydrogen-bond acceptors (Lipinski definition) is 1. The molecule has 18 heavy (non-hydrogen) atoms. The van der Waals surface area contributed by atoms with Crippen molar-refractivity contribution >= 4 is 11.6 Å². The Kier molecular flexibility index (Phi) is 3.94. The molecule has 0 heterocycles. The van der Waals surface area contributed by atoms with Gasteiger partial charge < -0.3 is 5.11 Å². The van der Waals surface area contributed by atoms with Crippen molar-refractivity contribution in [2.45, 2.75) is 12.5 Å². The molecule has 0 amide bonds. The van der Waals surface area contributed by atoms with Gasteiger partial charge in [0.1, 0.15) is 11.6 Å². The number of rotatable bonds is 3. The van der Waals surface area contributed by atoms with Crippen molar-refractivity contribution in [3.63, 3.8) is 0 Å². The third-order valence-corrected chi connectivity index (χ3v) is 2.93. The molecule has 94 valence electrons. The lowest BCUT2D eigenvalue weighted by atomic mass is 10.0. The van der Waals surface area contributed by atoms with Crippen molar-refractivity contribution in [2.75, 3.05) is 0 Å². The quantitative estimate of drug-likeness (QED) is 0.895. The Balaban J connectivity index is 2.18. The molecule has 0 bridgehead atoms. The summed E-state index contributed by atoms with van der Waals surface area (Å²) in [6.07, 6.45) is -0.871. The molecule has 0 fully saturated rings. The van der Waals surface area contributed by atoms with Crippen LogP contribution in [-0.4, -0.2) is 5.11 Å². The first-order valence-corrected chi connectivity index (χ1v) is 5.81. The summed E-state index contributed by atoms with van der Waals surface area (Å²) in [5.41, 5.74) is 0.764. The molecule has 0 aliphatic carbocycles. The van der Waals surface area contributed by atoms with Gasteiger partial charge in [0.05, 0.1) is 6.10 Å². The van der Waals surface area contributed by atoms with Crippen LogP contribution in [0.3, 0.4) is 0 Å². The van der Waals surface area contributed by atoms with Crippen LogP contribution >= 0.6 is 11.6 Å². The number of halogens is 3. The maximum atomic E-state index is 13.4. The minimum absolute atomic E-state index is 0.0191. The fourth-order valence-electron chi connectivity index (χ4n) is 1.71. The van der Waals surface area contributed by atoms with Crippen LogP contribution in [0.25, 0.3) is 0 Å². The van der Waals surface area contributed by atoms with Crippen LogP contribution in [0.2, 0.25) is 5.02 Å². The Morgan fingerprint density at radius 3 is 2.39 bits per heavy atom. The first kappa shape index (κ1) is 13.0. The zero-order valence-corrected chi connectivity index (χ0v) is 10.2. The van der Waals surface area contributed by atoms with Gasteiger partial charge in [-0.2, -0.15) is 0 Å². The second-order valence-corrected chi connectivity index (χ2v) is 4.44. The molecular formula is C14H11ClF2O. The Bertz CT molecular complexity index is 540. The molecule has 2 rings (SSSR count). The van der Waals surface area contributed by atoms with Crippen LogP contribution in [0.15, 0.2) is 42.5 Å². The van der Waals surface area contributed by atoms with Gasteiger partial charge in [0.2, 0.25) is 0 Å². The average Bonchev–Trinajstić information content (AvgIpc) is 2.34. The Hall–Kier alpha value is -1.45. The van der Waals surface area contributed by atoms with Gasteiger partial charge in [-0.05, 0) is 41.5 Å². The van der Waals surface area contributed by atoms with E-state index in [-0.39, 0.29) is 12.0 Å². The van der Waals surface area contributed by atoms with E-state index < -0.39 is 17.7 Å². The summed E-state index contributed by atoms with van der Waals surface area (Å²) in [6, 6.07) is 9.79. The van der Waals surface area contributed by atoms with Crippen molar-refractivity contribution in [3.05, 3.63) is 70.2 Å². The van der Waals surface area contributed by atoms with Gasteiger partial charge in [-0.25, -0.2) is 8.78 Å². The first-order valence-electron chi connectivity index (χ1n) is 5.44. The minimum Gasteiger partial charge on any atom is -0.388 e. The summed E-state index contributed by atoms with van der Waals surface area (Å²) in [5.74, 6) is -1.04. The maximum absolute atomic E-state index is 13.4. The third-order valence-electron chi connectivity index (χ3n) is 2.68. The lowest BCUT2D eigenvalue weighted by Gasteiger charge is -2.12. The van der Waals surface area contributed by atoms with Crippen molar-refractivity contribution < 1.29 is 13.9 Å². The molecule has 0 radical (unpaired) electrons. The smallest absolute Gasteiger partial charge is 0.126 e. The van der Waals surface area contributed by atoms with Crippen LogP contribution in [0, 0.1) is 11.6 Å². The van der Waals surface area contributed by atoms with Crippen molar-refractivity contribution in [3.8, 4) is 0 Å². The first-order chi connectivity index (χ1) is 8.56. The third kappa shape index (κ3) is 3.06. The van der Waals surface area contributed by atoms with E-state index >= 15 is 0 Å². The SMILES string of the molecule is OC(Cc1cc(F)ccc1F)c1ccc(Cl)cc1. The van der Waals surface area contributed by atoms with E-state index in [2.05, 4.69) is 0 Å². The van der Waals surface area contributed by atoms with Gasteiger partial charge in [-0.3, -0.25) is 0 Å². The zero-order valence-electron chi connectivity index (χ0n) is 9.41. The van der Waals surface area contributed by atoms with Crippen molar-refractivity contribution in [1.29, 1.82) is 0 Å². The lowest BCUT2D eigenvalue weighted by Crippen LogP contribution is -2.04. The van der Waals surface area contributed by atoms with Gasteiger partial charge in [0, 0.05) is 11.4 Å². The molecular weight excluding hydrogens is 258 g/mol. The molecule has 1 N–H and O–H groups in total. The Morgan fingerprint density at radius 2 is 1.72 bits per heavy atom. The molecule has 0 aliphatic heterocycles. The molecule has 1 nitrogen and oxygen atoms in total. The summed E-state index contributed by atoms with van der Waals surface area (Å²) in [4.78, 5) is 0. The van der Waals surface area contributed by atoms with E-state index in [0.717, 1.165) is 18.2 Å². The van der Waals surface area contributed by atoms with Crippen LogP contribution in [0.5, 0.6) is 0 Å².